The first-order chi connectivity index (χ1) is 14.2. The third-order valence-electron chi connectivity index (χ3n) is 5.42. The number of anilines is 1. The van der Waals surface area contributed by atoms with E-state index >= 15 is 0 Å². The summed E-state index contributed by atoms with van der Waals surface area (Å²) in [5.74, 6) is 0.303. The molecule has 0 fully saturated rings. The number of carbonyl (C=O) groups excluding carboxylic acids is 2. The van der Waals surface area contributed by atoms with E-state index in [4.69, 9.17) is 0 Å². The van der Waals surface area contributed by atoms with Gasteiger partial charge in [0.1, 0.15) is 6.54 Å². The number of para-hydroxylation sites is 1. The number of hydrogen-bond acceptors (Lipinski definition) is 2. The Bertz CT molecular complexity index is 843. The van der Waals surface area contributed by atoms with Crippen LogP contribution < -0.4 is 5.32 Å². The highest BCUT2D eigenvalue weighted by atomic mass is 16.2. The van der Waals surface area contributed by atoms with E-state index in [-0.39, 0.29) is 24.5 Å². The minimum Gasteiger partial charge on any atom is -0.353 e. The topological polar surface area (TPSA) is 57.6 Å². The molecule has 0 saturated carbocycles. The largest absolute Gasteiger partial charge is 0.353 e. The van der Waals surface area contributed by atoms with Crippen LogP contribution in [0.15, 0.2) is 42.6 Å². The number of nitrogens with one attached hydrogen (secondary N) is 1. The Labute approximate surface area is 180 Å². The molecular formula is C24H36N4O2. The van der Waals surface area contributed by atoms with Gasteiger partial charge in [-0.1, -0.05) is 39.0 Å². The first-order valence-corrected chi connectivity index (χ1v) is 10.7. The van der Waals surface area contributed by atoms with Gasteiger partial charge in [-0.05, 0) is 49.9 Å². The van der Waals surface area contributed by atoms with Gasteiger partial charge in [-0.15, -0.1) is 0 Å². The Morgan fingerprint density at radius 1 is 1.10 bits per heavy atom. The van der Waals surface area contributed by atoms with Crippen molar-refractivity contribution in [3.05, 3.63) is 53.9 Å². The number of rotatable bonds is 9. The van der Waals surface area contributed by atoms with Crippen LogP contribution in [0, 0.1) is 12.8 Å². The van der Waals surface area contributed by atoms with E-state index in [1.165, 1.54) is 0 Å². The maximum Gasteiger partial charge on any atom is 0.322 e. The molecule has 0 spiro atoms. The number of benzene rings is 1. The van der Waals surface area contributed by atoms with E-state index in [2.05, 4.69) is 19.2 Å². The molecule has 164 valence electrons. The van der Waals surface area contributed by atoms with E-state index in [9.17, 15) is 9.59 Å². The smallest absolute Gasteiger partial charge is 0.322 e. The fourth-order valence-electron chi connectivity index (χ4n) is 3.35. The number of amides is 3. The van der Waals surface area contributed by atoms with E-state index in [0.717, 1.165) is 23.4 Å². The molecule has 6 nitrogen and oxygen atoms in total. The second-order valence-electron chi connectivity index (χ2n) is 8.41. The Hall–Kier alpha value is -2.76. The maximum absolute atomic E-state index is 13.3. The molecule has 1 aromatic carbocycles. The van der Waals surface area contributed by atoms with Crippen molar-refractivity contribution >= 4 is 17.6 Å². The fraction of sp³-hybridized carbons (Fsp3) is 0.500. The molecule has 30 heavy (non-hydrogen) atoms. The minimum atomic E-state index is -0.240. The summed E-state index contributed by atoms with van der Waals surface area (Å²) in [6, 6.07) is 11.4. The summed E-state index contributed by atoms with van der Waals surface area (Å²) < 4.78 is 2.03. The van der Waals surface area contributed by atoms with Crippen LogP contribution in [0.1, 0.15) is 45.4 Å². The third-order valence-corrected chi connectivity index (χ3v) is 5.42. The molecule has 6 heteroatoms. The summed E-state index contributed by atoms with van der Waals surface area (Å²) in [4.78, 5) is 29.8. The van der Waals surface area contributed by atoms with E-state index in [0.29, 0.717) is 19.0 Å². The highest BCUT2D eigenvalue weighted by Gasteiger charge is 2.26. The molecule has 1 N–H and O–H groups in total. The summed E-state index contributed by atoms with van der Waals surface area (Å²) in [5, 5.41) is 2.98. The Morgan fingerprint density at radius 2 is 1.80 bits per heavy atom. The van der Waals surface area contributed by atoms with Crippen molar-refractivity contribution in [2.75, 3.05) is 18.4 Å². The fourth-order valence-corrected chi connectivity index (χ4v) is 3.35. The highest BCUT2D eigenvalue weighted by Crippen LogP contribution is 2.16. The molecule has 2 rings (SSSR count). The van der Waals surface area contributed by atoms with Crippen molar-refractivity contribution in [1.82, 2.24) is 14.4 Å². The summed E-state index contributed by atoms with van der Waals surface area (Å²) >= 11 is 0. The van der Waals surface area contributed by atoms with Crippen molar-refractivity contribution in [3.63, 3.8) is 0 Å². The average molecular weight is 413 g/mol. The zero-order chi connectivity index (χ0) is 22.3. The van der Waals surface area contributed by atoms with Gasteiger partial charge in [0.25, 0.3) is 0 Å². The maximum atomic E-state index is 13.3. The van der Waals surface area contributed by atoms with Crippen LogP contribution in [-0.2, 0) is 18.4 Å². The van der Waals surface area contributed by atoms with Crippen molar-refractivity contribution in [3.8, 4) is 0 Å². The van der Waals surface area contributed by atoms with Crippen molar-refractivity contribution in [2.45, 2.75) is 53.6 Å². The lowest BCUT2D eigenvalue weighted by Gasteiger charge is -2.32. The molecule has 1 aromatic heterocycles. The number of hydrogen-bond donors (Lipinski definition) is 1. The molecular weight excluding hydrogens is 376 g/mol. The number of aromatic nitrogens is 1. The summed E-state index contributed by atoms with van der Waals surface area (Å²) in [6.07, 6.45) is 2.75. The van der Waals surface area contributed by atoms with Gasteiger partial charge in [0.05, 0.1) is 6.54 Å². The molecule has 0 aliphatic carbocycles. The van der Waals surface area contributed by atoms with E-state index in [1.807, 2.05) is 79.9 Å². The Kier molecular flexibility index (Phi) is 8.51. The van der Waals surface area contributed by atoms with Crippen LogP contribution in [0.2, 0.25) is 0 Å². The van der Waals surface area contributed by atoms with Crippen molar-refractivity contribution < 1.29 is 9.59 Å². The van der Waals surface area contributed by atoms with Crippen LogP contribution in [-0.4, -0.2) is 45.4 Å². The molecule has 0 radical (unpaired) electrons. The number of carbonyl (C=O) groups is 2. The van der Waals surface area contributed by atoms with Gasteiger partial charge >= 0.3 is 6.03 Å². The van der Waals surface area contributed by atoms with E-state index in [1.54, 1.807) is 4.90 Å². The summed E-state index contributed by atoms with van der Waals surface area (Å²) in [5.41, 5.74) is 2.83. The summed E-state index contributed by atoms with van der Waals surface area (Å²) in [7, 11) is 1.98. The predicted molar refractivity (Wildman–Crippen MR) is 122 cm³/mol. The van der Waals surface area contributed by atoms with Crippen LogP contribution >= 0.6 is 0 Å². The third kappa shape index (κ3) is 6.37. The van der Waals surface area contributed by atoms with E-state index < -0.39 is 0 Å². The summed E-state index contributed by atoms with van der Waals surface area (Å²) in [6.45, 7) is 11.4. The van der Waals surface area contributed by atoms with Crippen LogP contribution in [0.5, 0.6) is 0 Å². The molecule has 3 amide bonds. The second-order valence-corrected chi connectivity index (χ2v) is 8.41. The normalized spacial score (nSPS) is 12.0. The predicted octanol–water partition coefficient (Wildman–Crippen LogP) is 4.65. The number of urea groups is 1. The molecule has 0 saturated heterocycles. The quantitative estimate of drug-likeness (QED) is 0.652. The lowest BCUT2D eigenvalue weighted by molar-refractivity contribution is -0.133. The van der Waals surface area contributed by atoms with Gasteiger partial charge in [-0.2, -0.15) is 0 Å². The molecule has 0 unspecified atom stereocenters. The van der Waals surface area contributed by atoms with Crippen molar-refractivity contribution in [2.24, 2.45) is 13.0 Å². The van der Waals surface area contributed by atoms with Crippen LogP contribution in [0.3, 0.4) is 0 Å². The van der Waals surface area contributed by atoms with Gasteiger partial charge in [0.2, 0.25) is 5.91 Å². The van der Waals surface area contributed by atoms with Gasteiger partial charge in [0, 0.05) is 37.2 Å². The standard InChI is InChI=1S/C24H36N4O2/c1-7-20(5)28(24(30)25-22-13-9-8-11-19(22)4)17-23(29)27(15-18(2)3)16-21-12-10-14-26(21)6/h8-14,18,20H,7,15-17H2,1-6H3,(H,25,30)/t20-/m1/s1. The Balaban J connectivity index is 2.17. The van der Waals surface area contributed by atoms with Gasteiger partial charge < -0.3 is 19.7 Å². The first kappa shape index (κ1) is 23.5. The molecule has 2 aromatic rings. The zero-order valence-electron chi connectivity index (χ0n) is 19.2. The Morgan fingerprint density at radius 3 is 2.37 bits per heavy atom. The minimum absolute atomic E-state index is 0.0369. The number of aryl methyl sites for hydroxylation is 2. The molecule has 0 aliphatic rings. The molecule has 1 heterocycles. The van der Waals surface area contributed by atoms with Gasteiger partial charge in [-0.25, -0.2) is 4.79 Å². The SMILES string of the molecule is CC[C@@H](C)N(CC(=O)N(Cc1cccn1C)CC(C)C)C(=O)Nc1ccccc1C. The second kappa shape index (κ2) is 10.9. The van der Waals surface area contributed by atoms with Gasteiger partial charge in [-0.3, -0.25) is 4.79 Å². The zero-order valence-corrected chi connectivity index (χ0v) is 19.2. The van der Waals surface area contributed by atoms with Crippen molar-refractivity contribution in [1.29, 1.82) is 0 Å². The lowest BCUT2D eigenvalue weighted by Crippen LogP contribution is -2.48. The first-order valence-electron chi connectivity index (χ1n) is 10.7. The lowest BCUT2D eigenvalue weighted by atomic mass is 10.2. The molecule has 1 atom stereocenters. The molecule has 0 bridgehead atoms. The monoisotopic (exact) mass is 412 g/mol. The molecule has 0 aliphatic heterocycles. The van der Waals surface area contributed by atoms with Crippen LogP contribution in [0.4, 0.5) is 10.5 Å². The van der Waals surface area contributed by atoms with Gasteiger partial charge in [0.15, 0.2) is 0 Å². The average Bonchev–Trinajstić information content (AvgIpc) is 3.10. The van der Waals surface area contributed by atoms with Crippen LogP contribution in [0.25, 0.3) is 0 Å². The highest BCUT2D eigenvalue weighted by molar-refractivity contribution is 5.93. The number of nitrogens with zero attached hydrogens (tertiary/aromatic N) is 3.